The average Bonchev–Trinajstić information content (AvgIpc) is 2.63. The molecule has 1 saturated heterocycles. The maximum atomic E-state index is 12.6. The van der Waals surface area contributed by atoms with Crippen LogP contribution < -0.4 is 5.73 Å². The Morgan fingerprint density at radius 2 is 1.83 bits per heavy atom. The highest BCUT2D eigenvalue weighted by atomic mass is 16.2. The molecule has 0 bridgehead atoms. The molecule has 2 aromatic rings. The number of hydrogen-bond acceptors (Lipinski definition) is 4. The largest absolute Gasteiger partial charge is 0.338 e. The fraction of sp³-hybridized carbons (Fsp3) is 0.368. The molecule has 24 heavy (non-hydrogen) atoms. The van der Waals surface area contributed by atoms with Crippen LogP contribution in [0.4, 0.5) is 0 Å². The molecule has 0 saturated carbocycles. The lowest BCUT2D eigenvalue weighted by Crippen LogP contribution is -2.50. The summed E-state index contributed by atoms with van der Waals surface area (Å²) in [6.45, 7) is 5.98. The molecule has 3 rings (SSSR count). The van der Waals surface area contributed by atoms with Crippen molar-refractivity contribution in [1.82, 2.24) is 14.8 Å². The highest BCUT2D eigenvalue weighted by Crippen LogP contribution is 2.16. The topological polar surface area (TPSA) is 62.5 Å². The minimum Gasteiger partial charge on any atom is -0.338 e. The molecule has 5 nitrogen and oxygen atoms in total. The van der Waals surface area contributed by atoms with Gasteiger partial charge in [0.1, 0.15) is 6.04 Å². The van der Waals surface area contributed by atoms with Gasteiger partial charge in [-0.2, -0.15) is 0 Å². The molecule has 1 aromatic heterocycles. The van der Waals surface area contributed by atoms with Crippen molar-refractivity contribution in [2.45, 2.75) is 19.5 Å². The zero-order valence-corrected chi connectivity index (χ0v) is 14.1. The number of aromatic nitrogens is 1. The van der Waals surface area contributed by atoms with Crippen molar-refractivity contribution in [3.05, 3.63) is 65.5 Å². The molecule has 0 radical (unpaired) electrons. The molecule has 1 fully saturated rings. The van der Waals surface area contributed by atoms with Crippen LogP contribution in [-0.4, -0.2) is 46.9 Å². The summed E-state index contributed by atoms with van der Waals surface area (Å²) in [6, 6.07) is 13.2. The number of carbonyl (C=O) groups is 1. The van der Waals surface area contributed by atoms with Crippen molar-refractivity contribution in [2.75, 3.05) is 26.2 Å². The normalized spacial score (nSPS) is 16.8. The maximum absolute atomic E-state index is 12.6. The summed E-state index contributed by atoms with van der Waals surface area (Å²) >= 11 is 0. The number of carbonyl (C=O) groups excluding carboxylic acids is 1. The Morgan fingerprint density at radius 1 is 1.12 bits per heavy atom. The molecule has 2 heterocycles. The summed E-state index contributed by atoms with van der Waals surface area (Å²) in [5.41, 5.74) is 9.27. The Kier molecular flexibility index (Phi) is 5.23. The van der Waals surface area contributed by atoms with Gasteiger partial charge in [0.2, 0.25) is 5.91 Å². The zero-order valence-electron chi connectivity index (χ0n) is 14.1. The summed E-state index contributed by atoms with van der Waals surface area (Å²) in [7, 11) is 0. The minimum atomic E-state index is -0.576. The summed E-state index contributed by atoms with van der Waals surface area (Å²) in [5, 5.41) is 0. The Morgan fingerprint density at radius 3 is 2.46 bits per heavy atom. The zero-order chi connectivity index (χ0) is 16.9. The van der Waals surface area contributed by atoms with Crippen molar-refractivity contribution in [3.8, 4) is 0 Å². The number of benzene rings is 1. The molecular weight excluding hydrogens is 300 g/mol. The molecule has 1 aliphatic heterocycles. The van der Waals surface area contributed by atoms with Gasteiger partial charge in [0, 0.05) is 38.9 Å². The number of amides is 1. The number of nitrogens with zero attached hydrogens (tertiary/aromatic N) is 3. The second-order valence-corrected chi connectivity index (χ2v) is 6.31. The van der Waals surface area contributed by atoms with Gasteiger partial charge in [-0.25, -0.2) is 0 Å². The van der Waals surface area contributed by atoms with Gasteiger partial charge < -0.3 is 10.6 Å². The van der Waals surface area contributed by atoms with Crippen LogP contribution in [0.15, 0.2) is 48.7 Å². The Hall–Kier alpha value is -2.24. The third-order valence-corrected chi connectivity index (χ3v) is 4.50. The van der Waals surface area contributed by atoms with Crippen LogP contribution in [0, 0.1) is 6.92 Å². The van der Waals surface area contributed by atoms with Crippen molar-refractivity contribution in [2.24, 2.45) is 5.73 Å². The summed E-state index contributed by atoms with van der Waals surface area (Å²) in [6.07, 6.45) is 1.82. The average molecular weight is 324 g/mol. The molecule has 0 aliphatic carbocycles. The third-order valence-electron chi connectivity index (χ3n) is 4.50. The molecular formula is C19H24N4O. The van der Waals surface area contributed by atoms with Crippen molar-refractivity contribution >= 4 is 5.91 Å². The van der Waals surface area contributed by atoms with E-state index in [0.29, 0.717) is 13.1 Å². The van der Waals surface area contributed by atoms with Crippen LogP contribution in [0.5, 0.6) is 0 Å². The van der Waals surface area contributed by atoms with Gasteiger partial charge in [-0.05, 0) is 24.6 Å². The van der Waals surface area contributed by atoms with E-state index in [1.807, 2.05) is 60.5 Å². The first kappa shape index (κ1) is 16.6. The Labute approximate surface area is 143 Å². The number of nitrogens with two attached hydrogens (primary N) is 1. The van der Waals surface area contributed by atoms with E-state index in [1.54, 1.807) is 0 Å². The number of rotatable bonds is 4. The van der Waals surface area contributed by atoms with Gasteiger partial charge in [-0.15, -0.1) is 0 Å². The first-order chi connectivity index (χ1) is 11.6. The van der Waals surface area contributed by atoms with Crippen LogP contribution in [0.2, 0.25) is 0 Å². The number of hydrogen-bond donors (Lipinski definition) is 1. The highest BCUT2D eigenvalue weighted by molar-refractivity contribution is 5.83. The fourth-order valence-corrected chi connectivity index (χ4v) is 2.96. The quantitative estimate of drug-likeness (QED) is 0.930. The predicted molar refractivity (Wildman–Crippen MR) is 94.2 cm³/mol. The SMILES string of the molecule is Cc1ccc(C(N)C(=O)N2CCN(Cc3ccccn3)CC2)cc1. The van der Waals surface area contributed by atoms with Gasteiger partial charge in [-0.1, -0.05) is 35.9 Å². The highest BCUT2D eigenvalue weighted by Gasteiger charge is 2.26. The smallest absolute Gasteiger partial charge is 0.244 e. The van der Waals surface area contributed by atoms with E-state index >= 15 is 0 Å². The van der Waals surface area contributed by atoms with E-state index < -0.39 is 6.04 Å². The number of aryl methyl sites for hydroxylation is 1. The summed E-state index contributed by atoms with van der Waals surface area (Å²) in [5.74, 6) is 0.0105. The molecule has 1 amide bonds. The van der Waals surface area contributed by atoms with Crippen LogP contribution >= 0.6 is 0 Å². The number of piperazine rings is 1. The van der Waals surface area contributed by atoms with E-state index in [-0.39, 0.29) is 5.91 Å². The fourth-order valence-electron chi connectivity index (χ4n) is 2.96. The molecule has 5 heteroatoms. The van der Waals surface area contributed by atoms with E-state index in [1.165, 1.54) is 5.56 Å². The van der Waals surface area contributed by atoms with Crippen molar-refractivity contribution in [1.29, 1.82) is 0 Å². The minimum absolute atomic E-state index is 0.0105. The Balaban J connectivity index is 1.54. The van der Waals surface area contributed by atoms with Gasteiger partial charge in [-0.3, -0.25) is 14.7 Å². The molecule has 0 spiro atoms. The molecule has 1 aromatic carbocycles. The molecule has 1 aliphatic rings. The molecule has 1 unspecified atom stereocenters. The van der Waals surface area contributed by atoms with E-state index in [4.69, 9.17) is 5.73 Å². The van der Waals surface area contributed by atoms with Gasteiger partial charge in [0.05, 0.1) is 5.69 Å². The third kappa shape index (κ3) is 3.99. The van der Waals surface area contributed by atoms with Crippen molar-refractivity contribution < 1.29 is 4.79 Å². The lowest BCUT2D eigenvalue weighted by Gasteiger charge is -2.35. The van der Waals surface area contributed by atoms with Gasteiger partial charge >= 0.3 is 0 Å². The second-order valence-electron chi connectivity index (χ2n) is 6.31. The molecule has 1 atom stereocenters. The summed E-state index contributed by atoms with van der Waals surface area (Å²) < 4.78 is 0. The van der Waals surface area contributed by atoms with Crippen molar-refractivity contribution in [3.63, 3.8) is 0 Å². The standard InChI is InChI=1S/C19H24N4O/c1-15-5-7-16(8-6-15)18(20)19(24)23-12-10-22(11-13-23)14-17-4-2-3-9-21-17/h2-9,18H,10-14,20H2,1H3. The number of pyridine rings is 1. The van der Waals surface area contributed by atoms with Crippen LogP contribution in [0.1, 0.15) is 22.9 Å². The van der Waals surface area contributed by atoms with E-state index in [9.17, 15) is 4.79 Å². The van der Waals surface area contributed by atoms with E-state index in [2.05, 4.69) is 9.88 Å². The second kappa shape index (κ2) is 7.55. The maximum Gasteiger partial charge on any atom is 0.244 e. The lowest BCUT2D eigenvalue weighted by molar-refractivity contribution is -0.134. The molecule has 126 valence electrons. The lowest BCUT2D eigenvalue weighted by atomic mass is 10.0. The molecule has 2 N–H and O–H groups in total. The van der Waals surface area contributed by atoms with Crippen LogP contribution in [0.25, 0.3) is 0 Å². The van der Waals surface area contributed by atoms with Gasteiger partial charge in [0.15, 0.2) is 0 Å². The first-order valence-corrected chi connectivity index (χ1v) is 8.36. The van der Waals surface area contributed by atoms with Gasteiger partial charge in [0.25, 0.3) is 0 Å². The van der Waals surface area contributed by atoms with Crippen LogP contribution in [0.3, 0.4) is 0 Å². The van der Waals surface area contributed by atoms with E-state index in [0.717, 1.165) is 30.9 Å². The van der Waals surface area contributed by atoms with Crippen LogP contribution in [-0.2, 0) is 11.3 Å². The monoisotopic (exact) mass is 324 g/mol. The predicted octanol–water partition coefficient (Wildman–Crippen LogP) is 1.73. The first-order valence-electron chi connectivity index (χ1n) is 8.36. The summed E-state index contributed by atoms with van der Waals surface area (Å²) in [4.78, 5) is 21.2. The Bertz CT molecular complexity index is 664.